The van der Waals surface area contributed by atoms with Crippen LogP contribution in [0.15, 0.2) is 53.7 Å². The highest BCUT2D eigenvalue weighted by Crippen LogP contribution is 2.23. The van der Waals surface area contributed by atoms with E-state index in [0.717, 1.165) is 22.3 Å². The van der Waals surface area contributed by atoms with E-state index >= 15 is 0 Å². The molecule has 152 valence electrons. The quantitative estimate of drug-likeness (QED) is 0.414. The summed E-state index contributed by atoms with van der Waals surface area (Å²) >= 11 is 1.27. The molecule has 0 saturated carbocycles. The Bertz CT molecular complexity index is 974. The Kier molecular flexibility index (Phi) is 7.13. The highest BCUT2D eigenvalue weighted by Gasteiger charge is 2.22. The Morgan fingerprint density at radius 2 is 2.00 bits per heavy atom. The van der Waals surface area contributed by atoms with Gasteiger partial charge in [0.25, 0.3) is 0 Å². The molecule has 7 nitrogen and oxygen atoms in total. The van der Waals surface area contributed by atoms with E-state index < -0.39 is 12.0 Å². The zero-order valence-corrected chi connectivity index (χ0v) is 17.1. The van der Waals surface area contributed by atoms with E-state index in [1.807, 2.05) is 55.5 Å². The number of fused-ring (bicyclic) bond motifs is 1. The van der Waals surface area contributed by atoms with Gasteiger partial charge in [-0.15, -0.1) is 0 Å². The van der Waals surface area contributed by atoms with Crippen LogP contribution in [0.2, 0.25) is 0 Å². The second kappa shape index (κ2) is 9.97. The van der Waals surface area contributed by atoms with Gasteiger partial charge < -0.3 is 19.8 Å². The summed E-state index contributed by atoms with van der Waals surface area (Å²) in [5, 5.41) is 3.38. The summed E-state index contributed by atoms with van der Waals surface area (Å²) in [6.07, 6.45) is 0.370. The number of aromatic nitrogens is 2. The van der Waals surface area contributed by atoms with E-state index in [9.17, 15) is 9.59 Å². The molecule has 0 aliphatic heterocycles. The van der Waals surface area contributed by atoms with Gasteiger partial charge in [-0.1, -0.05) is 42.1 Å². The van der Waals surface area contributed by atoms with Crippen LogP contribution < -0.4 is 10.1 Å². The van der Waals surface area contributed by atoms with Crippen molar-refractivity contribution < 1.29 is 19.1 Å². The molecule has 0 saturated heterocycles. The van der Waals surface area contributed by atoms with Gasteiger partial charge in [0.1, 0.15) is 11.8 Å². The number of nitrogens with one attached hydrogen (secondary N) is 2. The summed E-state index contributed by atoms with van der Waals surface area (Å²) in [7, 11) is 1.31. The summed E-state index contributed by atoms with van der Waals surface area (Å²) in [6.45, 7) is 2.52. The van der Waals surface area contributed by atoms with Crippen LogP contribution in [0.5, 0.6) is 5.75 Å². The second-order valence-electron chi connectivity index (χ2n) is 6.28. The third-order valence-corrected chi connectivity index (χ3v) is 5.06. The summed E-state index contributed by atoms with van der Waals surface area (Å²) in [6, 6.07) is 14.4. The maximum atomic E-state index is 12.4. The molecule has 3 rings (SSSR count). The third-order valence-electron chi connectivity index (χ3n) is 4.19. The number of ether oxygens (including phenoxy) is 2. The summed E-state index contributed by atoms with van der Waals surface area (Å²) in [4.78, 5) is 32.1. The first-order valence-corrected chi connectivity index (χ1v) is 10.2. The number of aromatic amines is 1. The minimum absolute atomic E-state index is 0.125. The van der Waals surface area contributed by atoms with E-state index in [0.29, 0.717) is 18.2 Å². The largest absolute Gasteiger partial charge is 0.494 e. The molecule has 0 aliphatic rings. The molecule has 1 atom stereocenters. The summed E-state index contributed by atoms with van der Waals surface area (Å²) in [5.74, 6) is 0.149. The van der Waals surface area contributed by atoms with Crippen molar-refractivity contribution in [2.75, 3.05) is 19.5 Å². The number of hydrogen-bond donors (Lipinski definition) is 2. The normalized spacial score (nSPS) is 11.8. The molecule has 2 aromatic carbocycles. The minimum Gasteiger partial charge on any atom is -0.494 e. The number of amides is 1. The van der Waals surface area contributed by atoms with Crippen LogP contribution in [0.4, 0.5) is 0 Å². The van der Waals surface area contributed by atoms with Gasteiger partial charge in [-0.25, -0.2) is 9.78 Å². The first kappa shape index (κ1) is 20.7. The number of rotatable bonds is 9. The van der Waals surface area contributed by atoms with Crippen molar-refractivity contribution in [3.05, 3.63) is 54.1 Å². The molecule has 1 aromatic heterocycles. The van der Waals surface area contributed by atoms with Crippen LogP contribution in [-0.2, 0) is 20.7 Å². The Hall–Kier alpha value is -3.00. The fourth-order valence-electron chi connectivity index (χ4n) is 2.85. The molecule has 0 unspecified atom stereocenters. The van der Waals surface area contributed by atoms with Crippen LogP contribution >= 0.6 is 11.8 Å². The first-order valence-electron chi connectivity index (χ1n) is 9.25. The number of thioether (sulfide) groups is 1. The van der Waals surface area contributed by atoms with Crippen molar-refractivity contribution >= 4 is 34.7 Å². The lowest BCUT2D eigenvalue weighted by Gasteiger charge is -2.16. The lowest BCUT2D eigenvalue weighted by Crippen LogP contribution is -2.43. The molecule has 2 N–H and O–H groups in total. The molecule has 8 heteroatoms. The molecule has 0 fully saturated rings. The van der Waals surface area contributed by atoms with Crippen molar-refractivity contribution in [2.45, 2.75) is 24.5 Å². The number of benzene rings is 2. The average Bonchev–Trinajstić information content (AvgIpc) is 3.14. The number of hydrogen-bond acceptors (Lipinski definition) is 6. The van der Waals surface area contributed by atoms with Gasteiger partial charge in [0.05, 0.1) is 30.5 Å². The van der Waals surface area contributed by atoms with Crippen LogP contribution in [-0.4, -0.2) is 47.4 Å². The number of carbonyl (C=O) groups is 2. The van der Waals surface area contributed by atoms with Gasteiger partial charge >= 0.3 is 5.97 Å². The van der Waals surface area contributed by atoms with Crippen LogP contribution in [0, 0.1) is 0 Å². The Labute approximate surface area is 173 Å². The maximum absolute atomic E-state index is 12.4. The Morgan fingerprint density at radius 1 is 1.21 bits per heavy atom. The summed E-state index contributed by atoms with van der Waals surface area (Å²) < 4.78 is 10.3. The highest BCUT2D eigenvalue weighted by molar-refractivity contribution is 7.99. The van der Waals surface area contributed by atoms with Crippen molar-refractivity contribution in [1.82, 2.24) is 15.3 Å². The minimum atomic E-state index is -0.736. The smallest absolute Gasteiger partial charge is 0.328 e. The summed E-state index contributed by atoms with van der Waals surface area (Å²) in [5.41, 5.74) is 2.58. The van der Waals surface area contributed by atoms with E-state index in [2.05, 4.69) is 15.3 Å². The number of nitrogens with zero attached hydrogens (tertiary/aromatic N) is 1. The van der Waals surface area contributed by atoms with Crippen LogP contribution in [0.3, 0.4) is 0 Å². The molecule has 1 amide bonds. The molecular formula is C21H23N3O4S. The van der Waals surface area contributed by atoms with Crippen LogP contribution in [0.1, 0.15) is 12.5 Å². The van der Waals surface area contributed by atoms with Gasteiger partial charge in [-0.2, -0.15) is 0 Å². The van der Waals surface area contributed by atoms with Gasteiger partial charge in [-0.05, 0) is 24.6 Å². The van der Waals surface area contributed by atoms with Gasteiger partial charge in [0, 0.05) is 12.5 Å². The van der Waals surface area contributed by atoms with E-state index in [1.54, 1.807) is 0 Å². The molecule has 3 aromatic rings. The average molecular weight is 413 g/mol. The monoisotopic (exact) mass is 413 g/mol. The predicted octanol–water partition coefficient (Wildman–Crippen LogP) is 2.95. The zero-order valence-electron chi connectivity index (χ0n) is 16.3. The second-order valence-corrected chi connectivity index (χ2v) is 7.24. The van der Waals surface area contributed by atoms with Gasteiger partial charge in [0.2, 0.25) is 5.91 Å². The molecule has 0 spiro atoms. The van der Waals surface area contributed by atoms with Crippen molar-refractivity contribution in [3.63, 3.8) is 0 Å². The molecule has 29 heavy (non-hydrogen) atoms. The lowest BCUT2D eigenvalue weighted by atomic mass is 10.1. The Balaban J connectivity index is 1.59. The van der Waals surface area contributed by atoms with Crippen molar-refractivity contribution in [3.8, 4) is 5.75 Å². The molecule has 1 heterocycles. The number of carbonyl (C=O) groups excluding carboxylic acids is 2. The van der Waals surface area contributed by atoms with Crippen molar-refractivity contribution in [1.29, 1.82) is 0 Å². The highest BCUT2D eigenvalue weighted by atomic mass is 32.2. The first-order chi connectivity index (χ1) is 14.1. The number of methoxy groups -OCH3 is 1. The number of imidazole rings is 1. The van der Waals surface area contributed by atoms with E-state index in [4.69, 9.17) is 9.47 Å². The molecule has 0 radical (unpaired) electrons. The van der Waals surface area contributed by atoms with E-state index in [1.165, 1.54) is 18.9 Å². The molecule has 0 aliphatic carbocycles. The Morgan fingerprint density at radius 3 is 2.72 bits per heavy atom. The number of H-pyrrole nitrogens is 1. The van der Waals surface area contributed by atoms with Crippen LogP contribution in [0.25, 0.3) is 11.0 Å². The third kappa shape index (κ3) is 5.74. The topological polar surface area (TPSA) is 93.3 Å². The van der Waals surface area contributed by atoms with Crippen molar-refractivity contribution in [2.24, 2.45) is 0 Å². The number of esters is 1. The fraction of sp³-hybridized carbons (Fsp3) is 0.286. The maximum Gasteiger partial charge on any atom is 0.328 e. The molecular weight excluding hydrogens is 390 g/mol. The predicted molar refractivity (Wildman–Crippen MR) is 112 cm³/mol. The fourth-order valence-corrected chi connectivity index (χ4v) is 3.54. The lowest BCUT2D eigenvalue weighted by molar-refractivity contribution is -0.144. The molecule has 0 bridgehead atoms. The van der Waals surface area contributed by atoms with E-state index in [-0.39, 0.29) is 11.7 Å². The van der Waals surface area contributed by atoms with Gasteiger partial charge in [-0.3, -0.25) is 4.79 Å². The SMILES string of the molecule is CCOc1ccc2nc(SCC(=O)N[C@@H](Cc3ccccc3)C(=O)OC)[nH]c2c1. The standard InChI is InChI=1S/C21H23N3O4S/c1-3-28-15-9-10-16-17(12-15)24-21(23-16)29-13-19(25)22-18(20(26)27-2)11-14-7-5-4-6-8-14/h4-10,12,18H,3,11,13H2,1-2H3,(H,22,25)(H,23,24)/t18-/m0/s1. The van der Waals surface area contributed by atoms with Gasteiger partial charge in [0.15, 0.2) is 5.16 Å². The zero-order chi connectivity index (χ0) is 20.6.